The van der Waals surface area contributed by atoms with Gasteiger partial charge in [0.2, 0.25) is 0 Å². The van der Waals surface area contributed by atoms with Crippen molar-refractivity contribution in [1.29, 1.82) is 0 Å². The Balaban J connectivity index is 1.14. The molecule has 11 rings (SSSR count). The fourth-order valence-electron chi connectivity index (χ4n) is 7.81. The first-order valence-corrected chi connectivity index (χ1v) is 17.2. The molecule has 1 nitrogen and oxygen atoms in total. The molecule has 0 radical (unpaired) electrons. The highest BCUT2D eigenvalue weighted by atomic mass is 16.3. The highest BCUT2D eigenvalue weighted by molar-refractivity contribution is 6.22. The van der Waals surface area contributed by atoms with Crippen LogP contribution in [0.4, 0.5) is 0 Å². The zero-order valence-corrected chi connectivity index (χ0v) is 27.9. The Kier molecular flexibility index (Phi) is 4.36. The van der Waals surface area contributed by atoms with E-state index < -0.39 is 84.1 Å². The van der Waals surface area contributed by atoms with Gasteiger partial charge in [-0.05, 0) is 118 Å². The highest BCUT2D eigenvalue weighted by Gasteiger charge is 2.18. The van der Waals surface area contributed by atoms with Crippen molar-refractivity contribution in [1.82, 2.24) is 0 Å². The van der Waals surface area contributed by atoms with Crippen LogP contribution in [0.2, 0.25) is 0 Å². The van der Waals surface area contributed by atoms with Gasteiger partial charge in [0.05, 0.1) is 17.8 Å². The predicted molar refractivity (Wildman–Crippen MR) is 225 cm³/mol. The predicted octanol–water partition coefficient (Wildman–Crippen LogP) is 14.9. The van der Waals surface area contributed by atoms with Crippen LogP contribution in [0.5, 0.6) is 0 Å². The Bertz CT molecular complexity index is 3870. The molecule has 0 atom stereocenters. The van der Waals surface area contributed by atoms with E-state index in [1.54, 1.807) is 12.1 Å². The molecule has 0 aliphatic rings. The molecule has 11 aromatic rings. The summed E-state index contributed by atoms with van der Waals surface area (Å²) in [7, 11) is 0. The van der Waals surface area contributed by atoms with Gasteiger partial charge in [-0.3, -0.25) is 0 Å². The quantitative estimate of drug-likeness (QED) is 0.168. The first-order chi connectivity index (χ1) is 31.7. The van der Waals surface area contributed by atoms with Gasteiger partial charge in [-0.1, -0.05) is 163 Å². The summed E-state index contributed by atoms with van der Waals surface area (Å²) in [5, 5.41) is 5.05. The Morgan fingerprint density at radius 3 is 1.66 bits per heavy atom. The molecule has 0 fully saturated rings. The van der Waals surface area contributed by atoms with Gasteiger partial charge in [0, 0.05) is 10.8 Å². The molecule has 0 unspecified atom stereocenters. The van der Waals surface area contributed by atoms with Crippen LogP contribution in [0, 0.1) is 0 Å². The Morgan fingerprint density at radius 1 is 0.340 bits per heavy atom. The first-order valence-electron chi connectivity index (χ1n) is 23.7. The van der Waals surface area contributed by atoms with Gasteiger partial charge in [-0.15, -0.1) is 0 Å². The van der Waals surface area contributed by atoms with Gasteiger partial charge in [-0.2, -0.15) is 0 Å². The van der Waals surface area contributed by atoms with Crippen LogP contribution in [-0.2, 0) is 0 Å². The second-order valence-electron chi connectivity index (χ2n) is 13.0. The molecular weight excluding hydrogens is 641 g/mol. The third kappa shape index (κ3) is 4.71. The number of hydrogen-bond donors (Lipinski definition) is 0. The van der Waals surface area contributed by atoms with E-state index in [4.69, 9.17) is 16.8 Å². The molecule has 246 valence electrons. The highest BCUT2D eigenvalue weighted by Crippen LogP contribution is 2.45. The van der Waals surface area contributed by atoms with E-state index in [2.05, 4.69) is 42.5 Å². The van der Waals surface area contributed by atoms with Crippen molar-refractivity contribution in [2.75, 3.05) is 0 Å². The smallest absolute Gasteiger partial charge is 0.136 e. The van der Waals surface area contributed by atoms with Gasteiger partial charge >= 0.3 is 0 Å². The van der Waals surface area contributed by atoms with Gasteiger partial charge in [0.1, 0.15) is 11.2 Å². The molecule has 10 aromatic carbocycles. The zero-order chi connectivity index (χ0) is 46.2. The van der Waals surface area contributed by atoms with Crippen LogP contribution in [0.15, 0.2) is 198 Å². The van der Waals surface area contributed by atoms with Crippen molar-refractivity contribution in [2.24, 2.45) is 0 Å². The van der Waals surface area contributed by atoms with E-state index in [1.807, 2.05) is 60.7 Å². The summed E-state index contributed by atoms with van der Waals surface area (Å²) in [5.74, 6) is 0. The zero-order valence-electron chi connectivity index (χ0n) is 40.9. The second-order valence-corrected chi connectivity index (χ2v) is 13.0. The van der Waals surface area contributed by atoms with Crippen molar-refractivity contribution < 1.29 is 22.2 Å². The molecule has 0 aliphatic heterocycles. The monoisotopic (exact) mass is 685 g/mol. The van der Waals surface area contributed by atoms with Crippen LogP contribution in [0.25, 0.3) is 110 Å². The third-order valence-electron chi connectivity index (χ3n) is 10.2. The largest absolute Gasteiger partial charge is 0.456 e. The fraction of sp³-hybridized carbons (Fsp3) is 0. The van der Waals surface area contributed by atoms with E-state index in [1.165, 1.54) is 0 Å². The van der Waals surface area contributed by atoms with E-state index in [9.17, 15) is 5.48 Å². The maximum Gasteiger partial charge on any atom is 0.136 e. The third-order valence-corrected chi connectivity index (χ3v) is 10.2. The maximum absolute atomic E-state index is 9.29. The van der Waals surface area contributed by atoms with Gasteiger partial charge in [0.15, 0.2) is 0 Å². The lowest BCUT2D eigenvalue weighted by Gasteiger charge is -2.18. The van der Waals surface area contributed by atoms with Crippen molar-refractivity contribution in [3.05, 3.63) is 194 Å². The average Bonchev–Trinajstić information content (AvgIpc) is 3.72. The summed E-state index contributed by atoms with van der Waals surface area (Å²) in [4.78, 5) is 0. The summed E-state index contributed by atoms with van der Waals surface area (Å²) in [6.07, 6.45) is 0. The molecule has 1 aromatic heterocycles. The molecule has 0 amide bonds. The minimum absolute atomic E-state index is 0.0837. The maximum atomic E-state index is 9.29. The second kappa shape index (κ2) is 11.8. The molecule has 0 N–H and O–H groups in total. The van der Waals surface area contributed by atoms with E-state index >= 15 is 0 Å². The fourth-order valence-corrected chi connectivity index (χ4v) is 7.81. The minimum atomic E-state index is -0.712. The molecular formula is C52H32O. The van der Waals surface area contributed by atoms with Gasteiger partial charge in [0.25, 0.3) is 0 Å². The van der Waals surface area contributed by atoms with Gasteiger partial charge in [-0.25, -0.2) is 0 Å². The lowest BCUT2D eigenvalue weighted by atomic mass is 9.85. The summed E-state index contributed by atoms with van der Waals surface area (Å²) >= 11 is 0. The molecule has 0 saturated heterocycles. The molecule has 1 heterocycles. The van der Waals surface area contributed by atoms with Crippen molar-refractivity contribution in [3.63, 3.8) is 0 Å². The summed E-state index contributed by atoms with van der Waals surface area (Å²) in [6, 6.07) is 29.8. The van der Waals surface area contributed by atoms with Gasteiger partial charge < -0.3 is 4.42 Å². The number of furan rings is 1. The lowest BCUT2D eigenvalue weighted by Crippen LogP contribution is -1.90. The van der Waals surface area contributed by atoms with Crippen LogP contribution in [-0.4, -0.2) is 0 Å². The topological polar surface area (TPSA) is 13.1 Å². The Hall–Kier alpha value is -6.96. The van der Waals surface area contributed by atoms with Crippen LogP contribution in [0.3, 0.4) is 0 Å². The Labute approximate surface area is 325 Å². The van der Waals surface area contributed by atoms with Crippen LogP contribution >= 0.6 is 0 Å². The average molecular weight is 686 g/mol. The number of hydrogen-bond acceptors (Lipinski definition) is 1. The van der Waals surface area contributed by atoms with Crippen LogP contribution < -0.4 is 0 Å². The standard InChI is InChI=1S/C52H32O/c1-2-13-34(14-3-1)50-43-17-6-8-19-45(43)51(46-20-9-7-18-44(46)50)39-27-26-35-30-36(24-25-37(35)31-39)38-28-29-48-47(32-38)52-42(22-11-23-49(52)53-48)41-21-10-15-33-12-4-5-16-40(33)41/h1-32H/i1D,2D,3D,6D,7D,8D,9D,13D,14D,17D,18D,19D,20D. The molecule has 0 bridgehead atoms. The SMILES string of the molecule is [2H]c1c([2H])c([2H])c(-c2c3c([2H])c([2H])c([2H])c([2H])c3c(-c3ccc4cc(-c5ccc6oc7cccc(-c8cccc9ccccc89)c7c6c5)ccc4c3)c3c([2H])c([2H])c([2H])c([2H])c23)c([2H])c1[2H]. The normalized spacial score (nSPS) is 15.2. The van der Waals surface area contributed by atoms with E-state index in [0.717, 1.165) is 65.7 Å². The lowest BCUT2D eigenvalue weighted by molar-refractivity contribution is 0.669. The first kappa shape index (κ1) is 19.6. The molecule has 0 aliphatic carbocycles. The number of benzene rings is 10. The molecule has 0 saturated carbocycles. The molecule has 0 spiro atoms. The summed E-state index contributed by atoms with van der Waals surface area (Å²) < 4.78 is 121. The van der Waals surface area contributed by atoms with E-state index in [0.29, 0.717) is 5.56 Å². The summed E-state index contributed by atoms with van der Waals surface area (Å²) in [6.45, 7) is 0. The minimum Gasteiger partial charge on any atom is -0.456 e. The van der Waals surface area contributed by atoms with Crippen molar-refractivity contribution in [3.8, 4) is 44.5 Å². The van der Waals surface area contributed by atoms with Crippen molar-refractivity contribution in [2.45, 2.75) is 0 Å². The molecule has 53 heavy (non-hydrogen) atoms. The van der Waals surface area contributed by atoms with E-state index in [-0.39, 0.29) is 32.7 Å². The number of fused-ring (bicyclic) bond motifs is 7. The molecule has 1 heteroatoms. The Morgan fingerprint density at radius 2 is 0.906 bits per heavy atom. The van der Waals surface area contributed by atoms with Crippen molar-refractivity contribution >= 4 is 65.0 Å². The summed E-state index contributed by atoms with van der Waals surface area (Å²) in [5.41, 5.74) is 5.24. The van der Waals surface area contributed by atoms with Crippen LogP contribution in [0.1, 0.15) is 17.8 Å². The number of rotatable bonds is 4.